The molecular formula is C58H33N5OS2. The number of pyridine rings is 4. The van der Waals surface area contributed by atoms with Crippen LogP contribution in [0.25, 0.3) is 118 Å². The van der Waals surface area contributed by atoms with Crippen molar-refractivity contribution in [2.24, 2.45) is 0 Å². The largest absolute Gasteiger partial charge is 0.419 e. The van der Waals surface area contributed by atoms with Gasteiger partial charge in [0.15, 0.2) is 0 Å². The maximum atomic E-state index is 5.93. The van der Waals surface area contributed by atoms with Crippen LogP contribution in [0.5, 0.6) is 0 Å². The SMILES string of the molecule is c1ccc2c(c1)sc1nc(-c3ccc4cc(N(c5ccc(-c6cnc7oc8ncccc8c7c6)cc5)c5ccc6cc(-c7ccc8c(n7)sc7ccccc78)ccc6c5)ccc4c3)ccc12. The van der Waals surface area contributed by atoms with Crippen LogP contribution in [-0.2, 0) is 0 Å². The van der Waals surface area contributed by atoms with E-state index in [9.17, 15) is 0 Å². The molecule has 0 amide bonds. The fourth-order valence-corrected chi connectivity index (χ4v) is 11.6. The van der Waals surface area contributed by atoms with Crippen molar-refractivity contribution in [3.63, 3.8) is 0 Å². The Hall–Kier alpha value is -8.30. The van der Waals surface area contributed by atoms with Crippen LogP contribution in [0, 0.1) is 0 Å². The molecule has 0 aliphatic carbocycles. The summed E-state index contributed by atoms with van der Waals surface area (Å²) in [6.07, 6.45) is 3.62. The molecule has 0 fully saturated rings. The first-order valence-electron chi connectivity index (χ1n) is 21.8. The average Bonchev–Trinajstić information content (AvgIpc) is 4.07. The van der Waals surface area contributed by atoms with E-state index in [0.29, 0.717) is 11.4 Å². The van der Waals surface area contributed by atoms with Gasteiger partial charge < -0.3 is 9.32 Å². The second-order valence-corrected chi connectivity index (χ2v) is 18.8. The Bertz CT molecular complexity index is 4070. The Morgan fingerprint density at radius 1 is 0.364 bits per heavy atom. The normalized spacial score (nSPS) is 11.9. The van der Waals surface area contributed by atoms with Crippen molar-refractivity contribution in [1.82, 2.24) is 19.9 Å². The molecule has 0 unspecified atom stereocenters. The van der Waals surface area contributed by atoms with E-state index in [2.05, 4.69) is 191 Å². The molecule has 66 heavy (non-hydrogen) atoms. The fraction of sp³-hybridized carbons (Fsp3) is 0. The summed E-state index contributed by atoms with van der Waals surface area (Å²) in [7, 11) is 0. The predicted octanol–water partition coefficient (Wildman–Crippen LogP) is 16.7. The Morgan fingerprint density at radius 3 is 1.50 bits per heavy atom. The lowest BCUT2D eigenvalue weighted by Crippen LogP contribution is -2.10. The van der Waals surface area contributed by atoms with Gasteiger partial charge in [-0.05, 0) is 130 Å². The van der Waals surface area contributed by atoms with Crippen molar-refractivity contribution >= 4 is 124 Å². The highest BCUT2D eigenvalue weighted by atomic mass is 32.1. The number of benzene rings is 7. The molecule has 0 spiro atoms. The summed E-state index contributed by atoms with van der Waals surface area (Å²) in [6, 6.07) is 67.5. The maximum Gasteiger partial charge on any atom is 0.229 e. The van der Waals surface area contributed by atoms with Crippen molar-refractivity contribution in [1.29, 1.82) is 0 Å². The maximum absolute atomic E-state index is 5.93. The van der Waals surface area contributed by atoms with E-state index >= 15 is 0 Å². The summed E-state index contributed by atoms with van der Waals surface area (Å²) in [6.45, 7) is 0. The average molecular weight is 880 g/mol. The van der Waals surface area contributed by atoms with Gasteiger partial charge >= 0.3 is 0 Å². The summed E-state index contributed by atoms with van der Waals surface area (Å²) in [5.74, 6) is 0. The van der Waals surface area contributed by atoms with Gasteiger partial charge in [0.2, 0.25) is 11.4 Å². The summed E-state index contributed by atoms with van der Waals surface area (Å²) >= 11 is 3.50. The second-order valence-electron chi connectivity index (χ2n) is 16.7. The highest BCUT2D eigenvalue weighted by Gasteiger charge is 2.17. The molecule has 7 aromatic heterocycles. The molecule has 0 radical (unpaired) electrons. The number of hydrogen-bond donors (Lipinski definition) is 0. The van der Waals surface area contributed by atoms with Crippen molar-refractivity contribution in [3.8, 4) is 33.6 Å². The third-order valence-electron chi connectivity index (χ3n) is 12.8. The number of thiophene rings is 2. The third kappa shape index (κ3) is 6.07. The minimum Gasteiger partial charge on any atom is -0.419 e. The quantitative estimate of drug-likeness (QED) is 0.166. The van der Waals surface area contributed by atoms with Crippen LogP contribution < -0.4 is 4.90 Å². The van der Waals surface area contributed by atoms with Gasteiger partial charge in [-0.3, -0.25) is 0 Å². The molecule has 0 aliphatic heterocycles. The minimum absolute atomic E-state index is 0.587. The summed E-state index contributed by atoms with van der Waals surface area (Å²) in [5.41, 5.74) is 10.6. The van der Waals surface area contributed by atoms with Crippen molar-refractivity contribution < 1.29 is 4.42 Å². The molecule has 0 atom stereocenters. The number of fused-ring (bicyclic) bond motifs is 11. The summed E-state index contributed by atoms with van der Waals surface area (Å²) in [5, 5.41) is 11.4. The van der Waals surface area contributed by atoms with E-state index in [0.717, 1.165) is 92.7 Å². The molecule has 6 nitrogen and oxygen atoms in total. The number of furan rings is 1. The minimum atomic E-state index is 0.587. The lowest BCUT2D eigenvalue weighted by molar-refractivity contribution is 0.640. The van der Waals surface area contributed by atoms with Crippen molar-refractivity contribution in [2.45, 2.75) is 0 Å². The van der Waals surface area contributed by atoms with Gasteiger partial charge in [-0.2, -0.15) is 0 Å². The Morgan fingerprint density at radius 2 is 0.879 bits per heavy atom. The molecule has 0 N–H and O–H groups in total. The van der Waals surface area contributed by atoms with Crippen LogP contribution in [0.4, 0.5) is 17.1 Å². The molecule has 0 saturated carbocycles. The van der Waals surface area contributed by atoms with E-state index in [1.165, 1.54) is 30.9 Å². The molecule has 7 aromatic carbocycles. The number of rotatable bonds is 6. The zero-order chi connectivity index (χ0) is 43.3. The van der Waals surface area contributed by atoms with Gasteiger partial charge in [0, 0.05) is 82.5 Å². The van der Waals surface area contributed by atoms with E-state index < -0.39 is 0 Å². The van der Waals surface area contributed by atoms with Crippen LogP contribution >= 0.6 is 22.7 Å². The Balaban J connectivity index is 0.846. The first-order valence-corrected chi connectivity index (χ1v) is 23.5. The van der Waals surface area contributed by atoms with E-state index in [-0.39, 0.29) is 0 Å². The highest BCUT2D eigenvalue weighted by Crippen LogP contribution is 2.41. The van der Waals surface area contributed by atoms with Gasteiger partial charge in [-0.15, -0.1) is 22.7 Å². The highest BCUT2D eigenvalue weighted by molar-refractivity contribution is 7.25. The number of nitrogens with zero attached hydrogens (tertiary/aromatic N) is 5. The van der Waals surface area contributed by atoms with Crippen LogP contribution in [0.15, 0.2) is 205 Å². The van der Waals surface area contributed by atoms with Crippen LogP contribution in [0.3, 0.4) is 0 Å². The molecule has 14 rings (SSSR count). The number of hydrogen-bond acceptors (Lipinski definition) is 8. The van der Waals surface area contributed by atoms with Crippen molar-refractivity contribution in [2.75, 3.05) is 4.90 Å². The van der Waals surface area contributed by atoms with Crippen LogP contribution in [0.2, 0.25) is 0 Å². The zero-order valence-electron chi connectivity index (χ0n) is 35.0. The molecule has 0 aliphatic rings. The molecular weight excluding hydrogens is 847 g/mol. The van der Waals surface area contributed by atoms with Gasteiger partial charge in [-0.25, -0.2) is 19.9 Å². The summed E-state index contributed by atoms with van der Waals surface area (Å²) in [4.78, 5) is 23.8. The predicted molar refractivity (Wildman–Crippen MR) is 277 cm³/mol. The first-order chi connectivity index (χ1) is 32.6. The molecule has 8 heteroatoms. The Kier molecular flexibility index (Phi) is 8.22. The monoisotopic (exact) mass is 879 g/mol. The second kappa shape index (κ2) is 14.6. The molecule has 0 bridgehead atoms. The third-order valence-corrected chi connectivity index (χ3v) is 15.0. The van der Waals surface area contributed by atoms with E-state index in [1.807, 2.05) is 18.3 Å². The van der Waals surface area contributed by atoms with Gasteiger partial charge in [0.1, 0.15) is 9.66 Å². The number of aromatic nitrogens is 4. The lowest BCUT2D eigenvalue weighted by atomic mass is 10.0. The van der Waals surface area contributed by atoms with E-state index in [1.54, 1.807) is 28.9 Å². The summed E-state index contributed by atoms with van der Waals surface area (Å²) < 4.78 is 8.45. The standard InChI is InChI=1S/C58H33N5OS2/c1-3-9-53-45(6-1)48-23-25-51(61-57(48)65-53)39-13-11-37-30-43(21-17-35(37)28-39)63(42-19-15-34(16-20-42)41-32-50-47-8-5-27-59-55(47)64-56(50)60-33-41)44-22-18-36-29-40(14-12-38(36)31-44)52-26-24-49-46-7-2-4-10-54(46)66-58(49)62-52/h1-33H. The Labute approximate surface area is 385 Å². The molecule has 308 valence electrons. The van der Waals surface area contributed by atoms with Gasteiger partial charge in [-0.1, -0.05) is 84.9 Å². The van der Waals surface area contributed by atoms with Gasteiger partial charge in [0.25, 0.3) is 0 Å². The first kappa shape index (κ1) is 37.1. The van der Waals surface area contributed by atoms with Crippen LogP contribution in [-0.4, -0.2) is 19.9 Å². The van der Waals surface area contributed by atoms with Crippen molar-refractivity contribution in [3.05, 3.63) is 200 Å². The zero-order valence-corrected chi connectivity index (χ0v) is 36.6. The molecule has 0 saturated heterocycles. The fourth-order valence-electron chi connectivity index (χ4n) is 9.50. The topological polar surface area (TPSA) is 67.9 Å². The smallest absolute Gasteiger partial charge is 0.229 e. The molecule has 14 aromatic rings. The molecule has 7 heterocycles. The number of anilines is 3. The lowest BCUT2D eigenvalue weighted by Gasteiger charge is -2.26. The van der Waals surface area contributed by atoms with E-state index in [4.69, 9.17) is 14.4 Å². The van der Waals surface area contributed by atoms with Gasteiger partial charge in [0.05, 0.1) is 16.8 Å². The van der Waals surface area contributed by atoms with Crippen LogP contribution in [0.1, 0.15) is 0 Å².